The van der Waals surface area contributed by atoms with E-state index >= 15 is 0 Å². The fourth-order valence-corrected chi connectivity index (χ4v) is 3.67. The molecule has 1 radical (unpaired) electrons. The monoisotopic (exact) mass is 347 g/mol. The largest absolute Gasteiger partial charge is 0.0622 e. The van der Waals surface area contributed by atoms with Crippen LogP contribution in [0, 0.1) is 12.8 Å². The van der Waals surface area contributed by atoms with Crippen LogP contribution in [-0.2, 0) is 0 Å². The van der Waals surface area contributed by atoms with Crippen LogP contribution in [0.1, 0.15) is 33.7 Å². The van der Waals surface area contributed by atoms with Gasteiger partial charge in [-0.05, 0) is 29.2 Å². The van der Waals surface area contributed by atoms with Crippen LogP contribution in [0.25, 0.3) is 0 Å². The third kappa shape index (κ3) is 3.85. The van der Waals surface area contributed by atoms with Gasteiger partial charge in [0, 0.05) is 11.8 Å². The van der Waals surface area contributed by atoms with Gasteiger partial charge >= 0.3 is 0 Å². The Morgan fingerprint density at radius 1 is 0.481 bits per heavy atom. The third-order valence-electron chi connectivity index (χ3n) is 5.00. The SMILES string of the molecule is Cc1ccc(C([C](c2ccccc2)c2ccccc2)c2ccccc2)cc1. The predicted octanol–water partition coefficient (Wildman–Crippen LogP) is 6.80. The second-order valence-electron chi connectivity index (χ2n) is 6.90. The summed E-state index contributed by atoms with van der Waals surface area (Å²) in [5.74, 6) is 1.52. The van der Waals surface area contributed by atoms with Gasteiger partial charge in [-0.1, -0.05) is 121 Å². The number of aryl methyl sites for hydroxylation is 1. The molecular weight excluding hydrogens is 324 g/mol. The molecule has 1 unspecified atom stereocenters. The molecule has 0 saturated carbocycles. The van der Waals surface area contributed by atoms with Crippen molar-refractivity contribution in [2.75, 3.05) is 0 Å². The van der Waals surface area contributed by atoms with Crippen molar-refractivity contribution in [3.63, 3.8) is 0 Å². The topological polar surface area (TPSA) is 0 Å². The first-order valence-electron chi connectivity index (χ1n) is 9.42. The third-order valence-corrected chi connectivity index (χ3v) is 5.00. The number of hydrogen-bond donors (Lipinski definition) is 0. The zero-order valence-electron chi connectivity index (χ0n) is 15.5. The van der Waals surface area contributed by atoms with E-state index in [1.54, 1.807) is 0 Å². The van der Waals surface area contributed by atoms with Crippen molar-refractivity contribution in [2.24, 2.45) is 0 Å². The molecule has 0 saturated heterocycles. The van der Waals surface area contributed by atoms with Crippen LogP contribution in [0.3, 0.4) is 0 Å². The van der Waals surface area contributed by atoms with Gasteiger partial charge in [-0.2, -0.15) is 0 Å². The summed E-state index contributed by atoms with van der Waals surface area (Å²) in [6.45, 7) is 2.14. The molecule has 0 N–H and O–H groups in total. The molecule has 0 aliphatic heterocycles. The van der Waals surface area contributed by atoms with Crippen LogP contribution in [0.15, 0.2) is 115 Å². The molecular formula is C27H23. The van der Waals surface area contributed by atoms with E-state index in [2.05, 4.69) is 122 Å². The van der Waals surface area contributed by atoms with Crippen molar-refractivity contribution in [3.8, 4) is 0 Å². The number of hydrogen-bond acceptors (Lipinski definition) is 0. The average Bonchev–Trinajstić information content (AvgIpc) is 2.75. The zero-order chi connectivity index (χ0) is 18.5. The molecule has 0 bridgehead atoms. The summed E-state index contributed by atoms with van der Waals surface area (Å²) in [6.07, 6.45) is 0. The van der Waals surface area contributed by atoms with Crippen molar-refractivity contribution in [1.82, 2.24) is 0 Å². The van der Waals surface area contributed by atoms with E-state index in [9.17, 15) is 0 Å². The Morgan fingerprint density at radius 3 is 1.37 bits per heavy atom. The molecule has 0 aromatic heterocycles. The predicted molar refractivity (Wildman–Crippen MR) is 114 cm³/mol. The molecule has 0 amide bonds. The summed E-state index contributed by atoms with van der Waals surface area (Å²) in [5, 5.41) is 0. The fourth-order valence-electron chi connectivity index (χ4n) is 3.67. The lowest BCUT2D eigenvalue weighted by Gasteiger charge is -2.29. The normalized spacial score (nSPS) is 12.1. The van der Waals surface area contributed by atoms with Crippen LogP contribution >= 0.6 is 0 Å². The Hall–Kier alpha value is -3.12. The Balaban J connectivity index is 1.93. The first kappa shape index (κ1) is 17.3. The molecule has 0 aliphatic carbocycles. The minimum absolute atomic E-state index is 0.177. The second kappa shape index (κ2) is 8.05. The van der Waals surface area contributed by atoms with E-state index in [4.69, 9.17) is 0 Å². The van der Waals surface area contributed by atoms with Gasteiger partial charge in [-0.25, -0.2) is 0 Å². The minimum Gasteiger partial charge on any atom is -0.0622 e. The summed E-state index contributed by atoms with van der Waals surface area (Å²) in [6, 6.07) is 41.2. The van der Waals surface area contributed by atoms with Crippen molar-refractivity contribution >= 4 is 0 Å². The molecule has 0 fully saturated rings. The van der Waals surface area contributed by atoms with Crippen molar-refractivity contribution in [3.05, 3.63) is 149 Å². The lowest BCUT2D eigenvalue weighted by atomic mass is 9.74. The maximum atomic E-state index is 2.26. The molecule has 4 aromatic rings. The van der Waals surface area contributed by atoms with Crippen LogP contribution in [-0.4, -0.2) is 0 Å². The first-order valence-corrected chi connectivity index (χ1v) is 9.42. The molecule has 0 nitrogen and oxygen atoms in total. The van der Waals surface area contributed by atoms with E-state index in [0.29, 0.717) is 0 Å². The van der Waals surface area contributed by atoms with E-state index in [1.165, 1.54) is 33.7 Å². The molecule has 0 aliphatic rings. The van der Waals surface area contributed by atoms with Crippen LogP contribution < -0.4 is 0 Å². The van der Waals surface area contributed by atoms with Crippen molar-refractivity contribution in [2.45, 2.75) is 12.8 Å². The number of benzene rings is 4. The zero-order valence-corrected chi connectivity index (χ0v) is 15.5. The highest BCUT2D eigenvalue weighted by molar-refractivity contribution is 5.55. The summed E-state index contributed by atoms with van der Waals surface area (Å²) in [7, 11) is 0. The quantitative estimate of drug-likeness (QED) is 0.372. The highest BCUT2D eigenvalue weighted by Gasteiger charge is 2.28. The summed E-state index contributed by atoms with van der Waals surface area (Å²) in [5.41, 5.74) is 6.43. The lowest BCUT2D eigenvalue weighted by molar-refractivity contribution is 0.869. The van der Waals surface area contributed by atoms with Crippen molar-refractivity contribution in [1.29, 1.82) is 0 Å². The molecule has 1 atom stereocenters. The molecule has 131 valence electrons. The highest BCUT2D eigenvalue weighted by atomic mass is 14.3. The average molecular weight is 347 g/mol. The fraction of sp³-hybridized carbons (Fsp3) is 0.0741. The molecule has 4 rings (SSSR count). The Labute approximate surface area is 162 Å². The van der Waals surface area contributed by atoms with Crippen LogP contribution in [0.2, 0.25) is 0 Å². The van der Waals surface area contributed by atoms with E-state index in [0.717, 1.165) is 0 Å². The minimum atomic E-state index is 0.177. The number of rotatable bonds is 5. The van der Waals surface area contributed by atoms with Gasteiger partial charge in [0.2, 0.25) is 0 Å². The van der Waals surface area contributed by atoms with Crippen LogP contribution in [0.4, 0.5) is 0 Å². The first-order chi connectivity index (χ1) is 13.3. The highest BCUT2D eigenvalue weighted by Crippen LogP contribution is 2.41. The van der Waals surface area contributed by atoms with Gasteiger partial charge in [0.15, 0.2) is 0 Å². The smallest absolute Gasteiger partial charge is 0.0458 e. The molecule has 4 aromatic carbocycles. The van der Waals surface area contributed by atoms with Crippen LogP contribution in [0.5, 0.6) is 0 Å². The van der Waals surface area contributed by atoms with Gasteiger partial charge in [-0.15, -0.1) is 0 Å². The van der Waals surface area contributed by atoms with Gasteiger partial charge in [0.25, 0.3) is 0 Å². The molecule has 0 heteroatoms. The molecule has 0 heterocycles. The van der Waals surface area contributed by atoms with E-state index < -0.39 is 0 Å². The molecule has 0 spiro atoms. The Kier molecular flexibility index (Phi) is 5.16. The summed E-state index contributed by atoms with van der Waals surface area (Å²) < 4.78 is 0. The van der Waals surface area contributed by atoms with Gasteiger partial charge in [-0.3, -0.25) is 0 Å². The van der Waals surface area contributed by atoms with Gasteiger partial charge < -0.3 is 0 Å². The maximum Gasteiger partial charge on any atom is 0.0458 e. The standard InChI is InChI=1S/C27H23/c1-21-17-19-25(20-18-21)27(24-15-9-4-10-16-24)26(22-11-5-2-6-12-22)23-13-7-3-8-14-23/h2-20,27H,1H3. The van der Waals surface area contributed by atoms with E-state index in [-0.39, 0.29) is 5.92 Å². The van der Waals surface area contributed by atoms with Gasteiger partial charge in [0.05, 0.1) is 0 Å². The summed E-state index contributed by atoms with van der Waals surface area (Å²) in [4.78, 5) is 0. The lowest BCUT2D eigenvalue weighted by Crippen LogP contribution is -2.15. The van der Waals surface area contributed by atoms with Crippen molar-refractivity contribution < 1.29 is 0 Å². The van der Waals surface area contributed by atoms with E-state index in [1.807, 2.05) is 0 Å². The summed E-state index contributed by atoms with van der Waals surface area (Å²) >= 11 is 0. The Morgan fingerprint density at radius 2 is 0.889 bits per heavy atom. The van der Waals surface area contributed by atoms with Gasteiger partial charge in [0.1, 0.15) is 0 Å². The molecule has 27 heavy (non-hydrogen) atoms. The Bertz CT molecular complexity index is 915. The maximum absolute atomic E-state index is 2.26. The second-order valence-corrected chi connectivity index (χ2v) is 6.90.